The van der Waals surface area contributed by atoms with E-state index in [2.05, 4.69) is 13.0 Å². The second-order valence-electron chi connectivity index (χ2n) is 9.56. The summed E-state index contributed by atoms with van der Waals surface area (Å²) in [6.07, 6.45) is 16.2. The number of rotatable bonds is 5. The highest BCUT2D eigenvalue weighted by Crippen LogP contribution is 2.42. The van der Waals surface area contributed by atoms with Crippen molar-refractivity contribution in [3.8, 4) is 0 Å². The molecule has 0 unspecified atom stereocenters. The average molecular weight is 430 g/mol. The molecule has 1 N–H and O–H groups in total. The van der Waals surface area contributed by atoms with Crippen LogP contribution in [0.15, 0.2) is 12.1 Å². The fourth-order valence-electron chi connectivity index (χ4n) is 5.47. The van der Waals surface area contributed by atoms with E-state index in [1.807, 2.05) is 11.0 Å². The first-order valence-corrected chi connectivity index (χ1v) is 12.8. The highest BCUT2D eigenvalue weighted by atomic mass is 32.1. The Morgan fingerprint density at radius 1 is 1.00 bits per heavy atom. The van der Waals surface area contributed by atoms with Crippen LogP contribution in [0.25, 0.3) is 5.57 Å². The third kappa shape index (κ3) is 4.66. The van der Waals surface area contributed by atoms with Gasteiger partial charge >= 0.3 is 5.97 Å². The van der Waals surface area contributed by atoms with Gasteiger partial charge in [0.05, 0.1) is 5.69 Å². The monoisotopic (exact) mass is 429 g/mol. The van der Waals surface area contributed by atoms with E-state index in [-0.39, 0.29) is 17.9 Å². The third-order valence-corrected chi connectivity index (χ3v) is 8.50. The Morgan fingerprint density at radius 3 is 2.37 bits per heavy atom. The van der Waals surface area contributed by atoms with Gasteiger partial charge in [0.25, 0.3) is 0 Å². The highest BCUT2D eigenvalue weighted by Gasteiger charge is 2.36. The van der Waals surface area contributed by atoms with Crippen molar-refractivity contribution < 1.29 is 14.7 Å². The summed E-state index contributed by atoms with van der Waals surface area (Å²) in [6.45, 7) is 2.27. The van der Waals surface area contributed by atoms with Crippen molar-refractivity contribution in [3.05, 3.63) is 21.9 Å². The molecule has 0 spiro atoms. The molecule has 0 saturated heterocycles. The van der Waals surface area contributed by atoms with Gasteiger partial charge in [-0.25, -0.2) is 4.79 Å². The van der Waals surface area contributed by atoms with Gasteiger partial charge in [0.1, 0.15) is 4.88 Å². The van der Waals surface area contributed by atoms with Crippen molar-refractivity contribution in [1.29, 1.82) is 0 Å². The van der Waals surface area contributed by atoms with Crippen LogP contribution in [0.2, 0.25) is 0 Å². The van der Waals surface area contributed by atoms with Crippen LogP contribution >= 0.6 is 11.3 Å². The first kappa shape index (κ1) is 21.6. The van der Waals surface area contributed by atoms with E-state index in [1.165, 1.54) is 29.8 Å². The zero-order valence-electron chi connectivity index (χ0n) is 18.2. The SMILES string of the molecule is C[C@H]1CC[C@H](C(=O)N(c2cc(C3=CCCCC3)sc2C(=O)O)C2CCCCC2)CC1. The quantitative estimate of drug-likeness (QED) is 0.554. The summed E-state index contributed by atoms with van der Waals surface area (Å²) in [4.78, 5) is 29.3. The molecule has 0 bridgehead atoms. The molecule has 5 heteroatoms. The van der Waals surface area contributed by atoms with Gasteiger partial charge in [-0.1, -0.05) is 32.3 Å². The lowest BCUT2D eigenvalue weighted by molar-refractivity contribution is -0.124. The average Bonchev–Trinajstić information content (AvgIpc) is 3.21. The Kier molecular flexibility index (Phi) is 6.97. The predicted molar refractivity (Wildman–Crippen MR) is 123 cm³/mol. The van der Waals surface area contributed by atoms with Crippen LogP contribution in [-0.2, 0) is 4.79 Å². The van der Waals surface area contributed by atoms with Gasteiger partial charge in [-0.05, 0) is 81.8 Å². The molecule has 4 nitrogen and oxygen atoms in total. The molecule has 1 heterocycles. The number of carboxylic acid groups (broad SMARTS) is 1. The number of hydrogen-bond donors (Lipinski definition) is 1. The van der Waals surface area contributed by atoms with Gasteiger partial charge in [-0.3, -0.25) is 4.79 Å². The van der Waals surface area contributed by atoms with Gasteiger partial charge in [0.2, 0.25) is 5.91 Å². The standard InChI is InChI=1S/C25H35NO3S/c1-17-12-14-19(15-13-17)24(27)26(20-10-6-3-7-11-20)21-16-22(30-23(21)25(28)29)18-8-4-2-5-9-18/h8,16-17,19-20H,2-7,9-15H2,1H3,(H,28,29)/t17-,19-. The van der Waals surface area contributed by atoms with Crippen LogP contribution in [0, 0.1) is 11.8 Å². The third-order valence-electron chi connectivity index (χ3n) is 7.32. The number of thiophene rings is 1. The summed E-state index contributed by atoms with van der Waals surface area (Å²) in [5.74, 6) is 0.0153. The lowest BCUT2D eigenvalue weighted by atomic mass is 9.81. The van der Waals surface area contributed by atoms with Gasteiger partial charge in [0.15, 0.2) is 0 Å². The van der Waals surface area contributed by atoms with E-state index < -0.39 is 5.97 Å². The van der Waals surface area contributed by atoms with E-state index in [0.29, 0.717) is 16.5 Å². The van der Waals surface area contributed by atoms with E-state index in [9.17, 15) is 14.7 Å². The molecule has 0 aliphatic heterocycles. The first-order chi connectivity index (χ1) is 14.5. The zero-order valence-corrected chi connectivity index (χ0v) is 19.0. The van der Waals surface area contributed by atoms with Gasteiger partial charge < -0.3 is 10.0 Å². The Bertz CT molecular complexity index is 797. The number of allylic oxidation sites excluding steroid dienone is 2. The van der Waals surface area contributed by atoms with Crippen molar-refractivity contribution >= 4 is 34.5 Å². The van der Waals surface area contributed by atoms with Gasteiger partial charge in [-0.2, -0.15) is 0 Å². The Morgan fingerprint density at radius 2 is 1.73 bits per heavy atom. The molecule has 1 amide bonds. The molecule has 3 aliphatic carbocycles. The number of amides is 1. The predicted octanol–water partition coefficient (Wildman–Crippen LogP) is 6.90. The van der Waals surface area contributed by atoms with Gasteiger partial charge in [-0.15, -0.1) is 11.3 Å². The number of carboxylic acids is 1. The summed E-state index contributed by atoms with van der Waals surface area (Å²) in [6, 6.07) is 2.18. The van der Waals surface area contributed by atoms with Crippen LogP contribution in [-0.4, -0.2) is 23.0 Å². The maximum absolute atomic E-state index is 13.8. The van der Waals surface area contributed by atoms with Crippen molar-refractivity contribution in [2.75, 3.05) is 4.90 Å². The molecular weight excluding hydrogens is 394 g/mol. The molecule has 0 atom stereocenters. The number of carbonyl (C=O) groups excluding carboxylic acids is 1. The van der Waals surface area contributed by atoms with Crippen molar-refractivity contribution in [2.24, 2.45) is 11.8 Å². The maximum atomic E-state index is 13.8. The minimum Gasteiger partial charge on any atom is -0.477 e. The smallest absolute Gasteiger partial charge is 0.348 e. The largest absolute Gasteiger partial charge is 0.477 e. The molecule has 164 valence electrons. The summed E-state index contributed by atoms with van der Waals surface area (Å²) in [5.41, 5.74) is 1.94. The molecule has 0 radical (unpaired) electrons. The molecule has 0 aromatic carbocycles. The Hall–Kier alpha value is -1.62. The molecule has 1 aromatic heterocycles. The summed E-state index contributed by atoms with van der Waals surface area (Å²) in [7, 11) is 0. The number of carbonyl (C=O) groups is 2. The molecule has 2 saturated carbocycles. The first-order valence-electron chi connectivity index (χ1n) is 11.9. The Balaban J connectivity index is 1.70. The van der Waals surface area contributed by atoms with Crippen LogP contribution in [0.5, 0.6) is 0 Å². The van der Waals surface area contributed by atoms with Crippen LogP contribution in [0.3, 0.4) is 0 Å². The number of nitrogens with zero attached hydrogens (tertiary/aromatic N) is 1. The summed E-state index contributed by atoms with van der Waals surface area (Å²) in [5, 5.41) is 10.0. The van der Waals surface area contributed by atoms with E-state index in [4.69, 9.17) is 0 Å². The molecule has 4 rings (SSSR count). The second-order valence-corrected chi connectivity index (χ2v) is 10.6. The normalized spacial score (nSPS) is 25.6. The molecular formula is C25H35NO3S. The Labute approximate surface area is 184 Å². The van der Waals surface area contributed by atoms with Gasteiger partial charge in [0, 0.05) is 16.8 Å². The highest BCUT2D eigenvalue weighted by molar-refractivity contribution is 7.15. The van der Waals surface area contributed by atoms with E-state index in [1.54, 1.807) is 0 Å². The number of hydrogen-bond acceptors (Lipinski definition) is 3. The van der Waals surface area contributed by atoms with Crippen molar-refractivity contribution in [3.63, 3.8) is 0 Å². The van der Waals surface area contributed by atoms with Crippen LogP contribution in [0.1, 0.15) is 105 Å². The minimum atomic E-state index is -0.900. The van der Waals surface area contributed by atoms with Crippen molar-refractivity contribution in [1.82, 2.24) is 0 Å². The lowest BCUT2D eigenvalue weighted by Crippen LogP contribution is -2.46. The summed E-state index contributed by atoms with van der Waals surface area (Å²) < 4.78 is 0. The second kappa shape index (κ2) is 9.67. The molecule has 3 aliphatic rings. The molecule has 30 heavy (non-hydrogen) atoms. The number of anilines is 1. The summed E-state index contributed by atoms with van der Waals surface area (Å²) >= 11 is 1.37. The van der Waals surface area contributed by atoms with E-state index in [0.717, 1.165) is 75.5 Å². The zero-order chi connectivity index (χ0) is 21.1. The topological polar surface area (TPSA) is 57.6 Å². The van der Waals surface area contributed by atoms with E-state index >= 15 is 0 Å². The van der Waals surface area contributed by atoms with Crippen LogP contribution < -0.4 is 4.90 Å². The fraction of sp³-hybridized carbons (Fsp3) is 0.680. The molecule has 2 fully saturated rings. The van der Waals surface area contributed by atoms with Crippen LogP contribution in [0.4, 0.5) is 5.69 Å². The minimum absolute atomic E-state index is 0.0435. The number of aromatic carboxylic acids is 1. The van der Waals surface area contributed by atoms with Crippen molar-refractivity contribution in [2.45, 2.75) is 96.4 Å². The lowest BCUT2D eigenvalue weighted by Gasteiger charge is -2.38. The molecule has 1 aromatic rings. The fourth-order valence-corrected chi connectivity index (χ4v) is 6.53. The maximum Gasteiger partial charge on any atom is 0.348 e.